The quantitative estimate of drug-likeness (QED) is 0.734. The molecular weight excluding hydrogens is 320 g/mol. The molecule has 1 aromatic rings. The Hall–Kier alpha value is -2.30. The van der Waals surface area contributed by atoms with Gasteiger partial charge in [-0.2, -0.15) is 0 Å². The van der Waals surface area contributed by atoms with Crippen LogP contribution in [0.5, 0.6) is 0 Å². The average molecular weight is 340 g/mol. The lowest BCUT2D eigenvalue weighted by molar-refractivity contribution is -0.189. The molecule has 2 aliphatic carbocycles. The number of ether oxygens (including phenoxy) is 2. The normalized spacial score (nSPS) is 42.0. The van der Waals surface area contributed by atoms with Gasteiger partial charge < -0.3 is 13.9 Å². The van der Waals surface area contributed by atoms with Crippen LogP contribution in [0.15, 0.2) is 46.8 Å². The first-order valence-electron chi connectivity index (χ1n) is 8.83. The Kier molecular flexibility index (Phi) is 2.92. The molecule has 5 nitrogen and oxygen atoms in total. The van der Waals surface area contributed by atoms with Crippen LogP contribution in [0, 0.1) is 22.7 Å². The van der Waals surface area contributed by atoms with E-state index in [1.54, 1.807) is 12.5 Å². The van der Waals surface area contributed by atoms with Gasteiger partial charge in [0.25, 0.3) is 0 Å². The van der Waals surface area contributed by atoms with Crippen LogP contribution in [-0.4, -0.2) is 18.5 Å². The van der Waals surface area contributed by atoms with Gasteiger partial charge in [-0.25, -0.2) is 0 Å². The van der Waals surface area contributed by atoms with Crippen molar-refractivity contribution in [3.8, 4) is 0 Å². The number of rotatable bonds is 1. The average Bonchev–Trinajstić information content (AvgIpc) is 3.23. The van der Waals surface area contributed by atoms with Crippen LogP contribution in [0.4, 0.5) is 0 Å². The van der Waals surface area contributed by atoms with E-state index >= 15 is 0 Å². The summed E-state index contributed by atoms with van der Waals surface area (Å²) < 4.78 is 16.3. The summed E-state index contributed by atoms with van der Waals surface area (Å²) in [7, 11) is 0. The molecule has 0 aromatic carbocycles. The summed E-state index contributed by atoms with van der Waals surface area (Å²) in [5, 5.41) is 0. The molecule has 3 fully saturated rings. The van der Waals surface area contributed by atoms with Gasteiger partial charge in [0, 0.05) is 11.5 Å². The van der Waals surface area contributed by atoms with Crippen LogP contribution in [0.2, 0.25) is 0 Å². The molecule has 0 amide bonds. The molecule has 2 aliphatic heterocycles. The predicted molar refractivity (Wildman–Crippen MR) is 87.1 cm³/mol. The van der Waals surface area contributed by atoms with Crippen LogP contribution >= 0.6 is 0 Å². The fraction of sp³-hybridized carbons (Fsp3) is 0.500. The van der Waals surface area contributed by atoms with Gasteiger partial charge in [-0.1, -0.05) is 25.2 Å². The Bertz CT molecular complexity index is 804. The highest BCUT2D eigenvalue weighted by Gasteiger charge is 2.66. The molecule has 1 saturated carbocycles. The first-order valence-corrected chi connectivity index (χ1v) is 8.83. The molecule has 0 radical (unpaired) electrons. The van der Waals surface area contributed by atoms with Crippen molar-refractivity contribution in [3.05, 3.63) is 48.0 Å². The Labute approximate surface area is 145 Å². The van der Waals surface area contributed by atoms with Crippen molar-refractivity contribution in [2.45, 2.75) is 32.3 Å². The highest BCUT2D eigenvalue weighted by Crippen LogP contribution is 2.65. The van der Waals surface area contributed by atoms with Gasteiger partial charge in [-0.05, 0) is 36.3 Å². The Morgan fingerprint density at radius 2 is 2.16 bits per heavy atom. The van der Waals surface area contributed by atoms with Gasteiger partial charge >= 0.3 is 11.9 Å². The monoisotopic (exact) mass is 340 g/mol. The van der Waals surface area contributed by atoms with Gasteiger partial charge in [0.2, 0.25) is 0 Å². The van der Waals surface area contributed by atoms with Crippen LogP contribution in [-0.2, 0) is 19.1 Å². The molecule has 3 heterocycles. The third-order valence-corrected chi connectivity index (χ3v) is 6.84. The van der Waals surface area contributed by atoms with Crippen LogP contribution in [0.1, 0.15) is 37.9 Å². The Balaban J connectivity index is 1.60. The summed E-state index contributed by atoms with van der Waals surface area (Å²) in [5.41, 5.74) is 0.980. The number of hydrogen-bond acceptors (Lipinski definition) is 5. The summed E-state index contributed by atoms with van der Waals surface area (Å²) in [6.07, 6.45) is 11.0. The second-order valence-electron chi connectivity index (χ2n) is 7.89. The standard InChI is InChI=1S/C20H20O5/c1-19-9-15(12-6-8-23-10-12)25-17(21)14(19)5-7-20-13(11-24-18(20)22)3-2-4-16(19)20/h2-4,6,8,10,14-16H,5,7,9,11H2,1H3/t14-,15?,16+,19-,20+/m1/s1. The predicted octanol–water partition coefficient (Wildman–Crippen LogP) is 3.34. The molecular formula is C20H20O5. The van der Waals surface area contributed by atoms with E-state index in [-0.39, 0.29) is 35.3 Å². The smallest absolute Gasteiger partial charge is 0.317 e. The topological polar surface area (TPSA) is 65.7 Å². The zero-order chi connectivity index (χ0) is 17.2. The molecule has 0 N–H and O–H groups in total. The minimum absolute atomic E-state index is 0.0454. The zero-order valence-corrected chi connectivity index (χ0v) is 14.1. The molecule has 5 heteroatoms. The minimum Gasteiger partial charge on any atom is -0.472 e. The maximum Gasteiger partial charge on any atom is 0.317 e. The molecule has 130 valence electrons. The molecule has 2 saturated heterocycles. The summed E-state index contributed by atoms with van der Waals surface area (Å²) in [6, 6.07) is 1.84. The Morgan fingerprint density at radius 3 is 2.96 bits per heavy atom. The number of cyclic esters (lactones) is 2. The number of hydrogen-bond donors (Lipinski definition) is 0. The molecule has 5 rings (SSSR count). The zero-order valence-electron chi connectivity index (χ0n) is 14.1. The lowest BCUT2D eigenvalue weighted by Gasteiger charge is -2.56. The van der Waals surface area contributed by atoms with Gasteiger partial charge in [0.1, 0.15) is 12.7 Å². The number of carbonyl (C=O) groups is 2. The highest BCUT2D eigenvalue weighted by atomic mass is 16.5. The van der Waals surface area contributed by atoms with E-state index in [0.29, 0.717) is 25.9 Å². The van der Waals surface area contributed by atoms with E-state index in [0.717, 1.165) is 11.1 Å². The lowest BCUT2D eigenvalue weighted by atomic mass is 9.47. The SMILES string of the molecule is C[C@@]12CC(c3ccoc3)OC(=O)[C@H]1CC[C@]13C(=O)OCC1=CC=C[C@H]32. The number of carbonyl (C=O) groups excluding carboxylic acids is 2. The van der Waals surface area contributed by atoms with E-state index in [1.807, 2.05) is 18.2 Å². The van der Waals surface area contributed by atoms with Crippen LogP contribution in [0.25, 0.3) is 0 Å². The second-order valence-corrected chi connectivity index (χ2v) is 7.89. The van der Waals surface area contributed by atoms with Crippen molar-refractivity contribution < 1.29 is 23.5 Å². The summed E-state index contributed by atoms with van der Waals surface area (Å²) in [4.78, 5) is 25.5. The number of esters is 2. The number of furan rings is 1. The summed E-state index contributed by atoms with van der Waals surface area (Å²) in [5.74, 6) is -0.531. The first-order chi connectivity index (χ1) is 12.1. The van der Waals surface area contributed by atoms with Gasteiger partial charge in [0.15, 0.2) is 0 Å². The van der Waals surface area contributed by atoms with Gasteiger partial charge in [0.05, 0.1) is 23.9 Å². The van der Waals surface area contributed by atoms with Gasteiger partial charge in [-0.15, -0.1) is 0 Å². The molecule has 25 heavy (non-hydrogen) atoms. The fourth-order valence-corrected chi connectivity index (χ4v) is 5.59. The molecule has 1 unspecified atom stereocenters. The minimum atomic E-state index is -0.599. The Morgan fingerprint density at radius 1 is 1.28 bits per heavy atom. The molecule has 5 atom stereocenters. The second kappa shape index (κ2) is 4.87. The summed E-state index contributed by atoms with van der Waals surface area (Å²) >= 11 is 0. The van der Waals surface area contributed by atoms with Crippen molar-refractivity contribution in [1.29, 1.82) is 0 Å². The van der Waals surface area contributed by atoms with Crippen LogP contribution in [0.3, 0.4) is 0 Å². The van der Waals surface area contributed by atoms with Crippen molar-refractivity contribution in [1.82, 2.24) is 0 Å². The third-order valence-electron chi connectivity index (χ3n) is 6.84. The van der Waals surface area contributed by atoms with E-state index in [1.165, 1.54) is 0 Å². The van der Waals surface area contributed by atoms with Crippen molar-refractivity contribution >= 4 is 11.9 Å². The van der Waals surface area contributed by atoms with E-state index in [9.17, 15) is 9.59 Å². The largest absolute Gasteiger partial charge is 0.472 e. The van der Waals surface area contributed by atoms with Crippen molar-refractivity contribution in [3.63, 3.8) is 0 Å². The van der Waals surface area contributed by atoms with Crippen molar-refractivity contribution in [2.75, 3.05) is 6.61 Å². The molecule has 0 bridgehead atoms. The van der Waals surface area contributed by atoms with E-state index < -0.39 is 5.41 Å². The first kappa shape index (κ1) is 15.0. The van der Waals surface area contributed by atoms with E-state index in [4.69, 9.17) is 13.9 Å². The molecule has 4 aliphatic rings. The van der Waals surface area contributed by atoms with E-state index in [2.05, 4.69) is 13.0 Å². The van der Waals surface area contributed by atoms with Crippen LogP contribution < -0.4 is 0 Å². The molecule has 1 spiro atoms. The highest BCUT2D eigenvalue weighted by molar-refractivity contribution is 5.86. The van der Waals surface area contributed by atoms with Crippen molar-refractivity contribution in [2.24, 2.45) is 22.7 Å². The van der Waals surface area contributed by atoms with Gasteiger partial charge in [-0.3, -0.25) is 9.59 Å². The fourth-order valence-electron chi connectivity index (χ4n) is 5.59. The molecule has 1 aromatic heterocycles. The maximum atomic E-state index is 12.8. The number of allylic oxidation sites excluding steroid dienone is 3. The summed E-state index contributed by atoms with van der Waals surface area (Å²) in [6.45, 7) is 2.51. The lowest BCUT2D eigenvalue weighted by Crippen LogP contribution is -2.57. The number of fused-ring (bicyclic) bond motifs is 2. The maximum absolute atomic E-state index is 12.8. The third kappa shape index (κ3) is 1.78.